The van der Waals surface area contributed by atoms with E-state index in [1.165, 1.54) is 17.7 Å². The van der Waals surface area contributed by atoms with Gasteiger partial charge in [0.25, 0.3) is 11.6 Å². The van der Waals surface area contributed by atoms with Gasteiger partial charge in [0.2, 0.25) is 0 Å². The number of carbonyl (C=O) groups excluding carboxylic acids is 1. The van der Waals surface area contributed by atoms with Crippen molar-refractivity contribution in [3.8, 4) is 16.9 Å². The lowest BCUT2D eigenvalue weighted by Crippen LogP contribution is -2.20. The molecule has 1 N–H and O–H groups in total. The number of aryl methyl sites for hydroxylation is 1. The van der Waals surface area contributed by atoms with Crippen molar-refractivity contribution in [3.63, 3.8) is 0 Å². The average molecular weight is 362 g/mol. The summed E-state index contributed by atoms with van der Waals surface area (Å²) in [6, 6.07) is 21.6. The lowest BCUT2D eigenvalue weighted by molar-refractivity contribution is -0.383. The van der Waals surface area contributed by atoms with Crippen molar-refractivity contribution < 1.29 is 14.5 Å². The number of nitrogens with zero attached hydrogens (tertiary/aromatic N) is 1. The Morgan fingerprint density at radius 1 is 0.963 bits per heavy atom. The van der Waals surface area contributed by atoms with Gasteiger partial charge in [-0.3, -0.25) is 14.9 Å². The van der Waals surface area contributed by atoms with Crippen molar-refractivity contribution in [2.45, 2.75) is 6.92 Å². The maximum Gasteiger partial charge on any atom is 0.292 e. The van der Waals surface area contributed by atoms with Gasteiger partial charge in [0.1, 0.15) is 11.4 Å². The number of rotatable bonds is 6. The molecule has 1 amide bonds. The largest absolute Gasteiger partial charge is 0.484 e. The Bertz CT molecular complexity index is 951. The third-order valence-corrected chi connectivity index (χ3v) is 3.98. The second kappa shape index (κ2) is 8.14. The predicted octanol–water partition coefficient (Wildman–Crippen LogP) is 4.59. The molecule has 6 nitrogen and oxygen atoms in total. The molecule has 0 aromatic heterocycles. The molecule has 0 saturated heterocycles. The minimum atomic E-state index is -0.541. The number of anilines is 1. The van der Waals surface area contributed by atoms with E-state index in [0.29, 0.717) is 5.75 Å². The summed E-state index contributed by atoms with van der Waals surface area (Å²) in [6.07, 6.45) is 0. The van der Waals surface area contributed by atoms with E-state index in [1.54, 1.807) is 24.3 Å². The topological polar surface area (TPSA) is 81.5 Å². The van der Waals surface area contributed by atoms with Crippen molar-refractivity contribution in [3.05, 3.63) is 88.5 Å². The zero-order chi connectivity index (χ0) is 19.2. The molecule has 0 aliphatic heterocycles. The number of amides is 1. The molecule has 0 unspecified atom stereocenters. The van der Waals surface area contributed by atoms with E-state index in [2.05, 4.69) is 5.32 Å². The average Bonchev–Trinajstić information content (AvgIpc) is 2.68. The van der Waals surface area contributed by atoms with Gasteiger partial charge in [-0.15, -0.1) is 0 Å². The summed E-state index contributed by atoms with van der Waals surface area (Å²) >= 11 is 0. The van der Waals surface area contributed by atoms with Crippen LogP contribution in [0.2, 0.25) is 0 Å². The van der Waals surface area contributed by atoms with Crippen LogP contribution in [-0.2, 0) is 4.79 Å². The minimum Gasteiger partial charge on any atom is -0.484 e. The maximum absolute atomic E-state index is 12.0. The number of carbonyl (C=O) groups is 1. The van der Waals surface area contributed by atoms with Crippen LogP contribution in [0.4, 0.5) is 11.4 Å². The van der Waals surface area contributed by atoms with Gasteiger partial charge in [0.15, 0.2) is 6.61 Å². The van der Waals surface area contributed by atoms with Crippen LogP contribution in [0.1, 0.15) is 5.56 Å². The predicted molar refractivity (Wildman–Crippen MR) is 104 cm³/mol. The van der Waals surface area contributed by atoms with Crippen molar-refractivity contribution in [2.75, 3.05) is 11.9 Å². The Labute approximate surface area is 156 Å². The fourth-order valence-electron chi connectivity index (χ4n) is 2.56. The minimum absolute atomic E-state index is 0.144. The summed E-state index contributed by atoms with van der Waals surface area (Å²) in [6.45, 7) is 1.80. The van der Waals surface area contributed by atoms with E-state index in [4.69, 9.17) is 4.74 Å². The van der Waals surface area contributed by atoms with Crippen LogP contribution in [0.15, 0.2) is 72.8 Å². The number of ether oxygens (including phenoxy) is 1. The first-order valence-corrected chi connectivity index (χ1v) is 8.36. The van der Waals surface area contributed by atoms with Crippen LogP contribution in [-0.4, -0.2) is 17.4 Å². The second-order valence-corrected chi connectivity index (χ2v) is 6.00. The van der Waals surface area contributed by atoms with Gasteiger partial charge < -0.3 is 10.1 Å². The first kappa shape index (κ1) is 18.1. The SMILES string of the molecule is Cc1ccc(-c2ccc(OCC(=O)Nc3ccccc3[N+](=O)[O-])cc2)cc1. The summed E-state index contributed by atoms with van der Waals surface area (Å²) in [7, 11) is 0. The molecule has 6 heteroatoms. The quantitative estimate of drug-likeness (QED) is 0.514. The molecule has 0 radical (unpaired) electrons. The fourth-order valence-corrected chi connectivity index (χ4v) is 2.56. The van der Waals surface area contributed by atoms with Gasteiger partial charge in [-0.25, -0.2) is 0 Å². The highest BCUT2D eigenvalue weighted by molar-refractivity contribution is 5.94. The highest BCUT2D eigenvalue weighted by atomic mass is 16.6. The Morgan fingerprint density at radius 3 is 2.19 bits per heavy atom. The van der Waals surface area contributed by atoms with Crippen LogP contribution >= 0.6 is 0 Å². The standard InChI is InChI=1S/C21H18N2O4/c1-15-6-8-16(9-7-15)17-10-12-18(13-11-17)27-14-21(24)22-19-4-2-3-5-20(19)23(25)26/h2-13H,14H2,1H3,(H,22,24). The van der Waals surface area contributed by atoms with Gasteiger partial charge in [0.05, 0.1) is 4.92 Å². The normalized spacial score (nSPS) is 10.3. The smallest absolute Gasteiger partial charge is 0.292 e. The number of nitrogens with one attached hydrogen (secondary N) is 1. The van der Waals surface area contributed by atoms with Crippen LogP contribution in [0.5, 0.6) is 5.75 Å². The van der Waals surface area contributed by atoms with Gasteiger partial charge in [-0.1, -0.05) is 54.1 Å². The van der Waals surface area contributed by atoms with Gasteiger partial charge in [0, 0.05) is 6.07 Å². The highest BCUT2D eigenvalue weighted by Crippen LogP contribution is 2.24. The Morgan fingerprint density at radius 2 is 1.56 bits per heavy atom. The zero-order valence-corrected chi connectivity index (χ0v) is 14.7. The fraction of sp³-hybridized carbons (Fsp3) is 0.0952. The molecule has 0 saturated carbocycles. The Balaban J connectivity index is 1.59. The first-order valence-electron chi connectivity index (χ1n) is 8.36. The number of nitro groups is 1. The second-order valence-electron chi connectivity index (χ2n) is 6.00. The monoisotopic (exact) mass is 362 g/mol. The molecule has 3 aromatic rings. The van der Waals surface area contributed by atoms with E-state index in [1.807, 2.05) is 43.3 Å². The highest BCUT2D eigenvalue weighted by Gasteiger charge is 2.14. The third-order valence-electron chi connectivity index (χ3n) is 3.98. The van der Waals surface area contributed by atoms with Gasteiger partial charge in [-0.05, 0) is 36.2 Å². The van der Waals surface area contributed by atoms with E-state index in [0.717, 1.165) is 11.1 Å². The molecular weight excluding hydrogens is 344 g/mol. The summed E-state index contributed by atoms with van der Waals surface area (Å²) < 4.78 is 5.47. The molecule has 3 aromatic carbocycles. The molecule has 0 heterocycles. The van der Waals surface area contributed by atoms with Crippen molar-refractivity contribution in [1.82, 2.24) is 0 Å². The van der Waals surface area contributed by atoms with Crippen LogP contribution in [0, 0.1) is 17.0 Å². The molecule has 27 heavy (non-hydrogen) atoms. The van der Waals surface area contributed by atoms with E-state index in [9.17, 15) is 14.9 Å². The molecule has 3 rings (SSSR count). The number of hydrogen-bond donors (Lipinski definition) is 1. The molecule has 0 bridgehead atoms. The van der Waals surface area contributed by atoms with E-state index < -0.39 is 10.8 Å². The summed E-state index contributed by atoms with van der Waals surface area (Å²) in [5, 5.41) is 13.5. The van der Waals surface area contributed by atoms with E-state index >= 15 is 0 Å². The summed E-state index contributed by atoms with van der Waals surface area (Å²) in [5.41, 5.74) is 3.33. The molecular formula is C21H18N2O4. The number of para-hydroxylation sites is 2. The van der Waals surface area contributed by atoms with Crippen LogP contribution in [0.25, 0.3) is 11.1 Å². The Kier molecular flexibility index (Phi) is 5.47. The number of benzene rings is 3. The summed E-state index contributed by atoms with van der Waals surface area (Å²) in [4.78, 5) is 22.5. The molecule has 0 aliphatic rings. The lowest BCUT2D eigenvalue weighted by Gasteiger charge is -2.09. The third kappa shape index (κ3) is 4.70. The number of hydrogen-bond acceptors (Lipinski definition) is 4. The lowest BCUT2D eigenvalue weighted by atomic mass is 10.0. The first-order chi connectivity index (χ1) is 13.0. The van der Waals surface area contributed by atoms with Gasteiger partial charge in [-0.2, -0.15) is 0 Å². The van der Waals surface area contributed by atoms with E-state index in [-0.39, 0.29) is 18.0 Å². The molecule has 0 aliphatic carbocycles. The van der Waals surface area contributed by atoms with Crippen LogP contribution < -0.4 is 10.1 Å². The zero-order valence-electron chi connectivity index (χ0n) is 14.7. The molecule has 0 spiro atoms. The van der Waals surface area contributed by atoms with Crippen molar-refractivity contribution in [1.29, 1.82) is 0 Å². The summed E-state index contributed by atoms with van der Waals surface area (Å²) in [5.74, 6) is 0.0792. The molecule has 0 fully saturated rings. The van der Waals surface area contributed by atoms with Crippen molar-refractivity contribution in [2.24, 2.45) is 0 Å². The Hall–Kier alpha value is -3.67. The van der Waals surface area contributed by atoms with Crippen LogP contribution in [0.3, 0.4) is 0 Å². The van der Waals surface area contributed by atoms with Gasteiger partial charge >= 0.3 is 0 Å². The molecule has 0 atom stereocenters. The molecule has 136 valence electrons. The maximum atomic E-state index is 12.0. The van der Waals surface area contributed by atoms with Crippen molar-refractivity contribution >= 4 is 17.3 Å². The number of nitro benzene ring substituents is 1.